The van der Waals surface area contributed by atoms with Crippen LogP contribution in [0.1, 0.15) is 42.4 Å². The Labute approximate surface area is 329 Å². The monoisotopic (exact) mass is 802 g/mol. The molecule has 2 saturated carbocycles. The van der Waals surface area contributed by atoms with Crippen LogP contribution < -0.4 is 23.4 Å². The predicted molar refractivity (Wildman–Crippen MR) is 216 cm³/mol. The van der Waals surface area contributed by atoms with E-state index in [4.69, 9.17) is 14.0 Å². The highest BCUT2D eigenvalue weighted by molar-refractivity contribution is 7.89. The molecule has 6 aromatic rings. The molecule has 2 fully saturated rings. The van der Waals surface area contributed by atoms with Gasteiger partial charge in [-0.25, -0.2) is 36.2 Å². The molecule has 6 heterocycles. The Morgan fingerprint density at radius 1 is 0.737 bits per heavy atom. The van der Waals surface area contributed by atoms with E-state index >= 15 is 0 Å². The van der Waals surface area contributed by atoms with Gasteiger partial charge in [-0.1, -0.05) is 30.3 Å². The lowest BCUT2D eigenvalue weighted by atomic mass is 9.68. The molecule has 0 atom stereocenters. The van der Waals surface area contributed by atoms with Gasteiger partial charge in [-0.3, -0.25) is 0 Å². The summed E-state index contributed by atoms with van der Waals surface area (Å²) in [6, 6.07) is 18.7. The zero-order valence-corrected chi connectivity index (χ0v) is 32.0. The molecular formula is C39H36B2N6O8S2. The van der Waals surface area contributed by atoms with Crippen LogP contribution in [-0.4, -0.2) is 68.1 Å². The van der Waals surface area contributed by atoms with Crippen molar-refractivity contribution in [3.8, 4) is 17.2 Å². The summed E-state index contributed by atoms with van der Waals surface area (Å²) in [6.07, 6.45) is 9.29. The van der Waals surface area contributed by atoms with Crippen molar-refractivity contribution in [3.63, 3.8) is 0 Å². The van der Waals surface area contributed by atoms with E-state index in [0.717, 1.165) is 44.3 Å². The van der Waals surface area contributed by atoms with E-state index in [1.54, 1.807) is 79.2 Å². The van der Waals surface area contributed by atoms with Gasteiger partial charge in [0, 0.05) is 46.4 Å². The molecule has 14 nitrogen and oxygen atoms in total. The SMILES string of the molecule is O=S(=O)(Cc1ccc(OB2C=C(C3CC(NS(=O)(=O)c4ccccc4)C3)c3c(cnc4[nH]ccc34)O2)cc1)NC1CC(C2=CB(O)Oc3cnc4[nH]ccc4c32)C1. The first kappa shape index (κ1) is 36.0. The summed E-state index contributed by atoms with van der Waals surface area (Å²) in [7, 11) is -9.19. The Kier molecular flexibility index (Phi) is 8.78. The van der Waals surface area contributed by atoms with Crippen LogP contribution in [0.2, 0.25) is 0 Å². The fourth-order valence-corrected chi connectivity index (χ4v) is 11.1. The number of sulfonamides is 2. The molecule has 5 N–H and O–H groups in total. The first-order valence-electron chi connectivity index (χ1n) is 18.8. The molecule has 2 aliphatic carbocycles. The lowest BCUT2D eigenvalue weighted by molar-refractivity contribution is 0.308. The van der Waals surface area contributed by atoms with Crippen LogP contribution in [0.4, 0.5) is 0 Å². The summed E-state index contributed by atoms with van der Waals surface area (Å²) < 4.78 is 76.4. The Morgan fingerprint density at radius 2 is 1.32 bits per heavy atom. The van der Waals surface area contributed by atoms with Gasteiger partial charge in [0.25, 0.3) is 0 Å². The second-order valence-corrected chi connectivity index (χ2v) is 18.5. The molecule has 0 radical (unpaired) electrons. The third-order valence-electron chi connectivity index (χ3n) is 11.2. The number of aromatic amines is 2. The van der Waals surface area contributed by atoms with E-state index < -0.39 is 34.3 Å². The highest BCUT2D eigenvalue weighted by Crippen LogP contribution is 2.48. The van der Waals surface area contributed by atoms with Crippen LogP contribution in [0, 0.1) is 11.8 Å². The van der Waals surface area contributed by atoms with Gasteiger partial charge >= 0.3 is 14.2 Å². The molecule has 0 amide bonds. The second-order valence-electron chi connectivity index (χ2n) is 15.0. The third-order valence-corrected chi connectivity index (χ3v) is 14.2. The molecule has 4 aliphatic rings. The minimum atomic E-state index is -3.66. The van der Waals surface area contributed by atoms with Crippen LogP contribution in [0.5, 0.6) is 17.2 Å². The molecule has 2 aliphatic heterocycles. The van der Waals surface area contributed by atoms with Gasteiger partial charge < -0.3 is 29.0 Å². The van der Waals surface area contributed by atoms with E-state index in [1.165, 1.54) is 0 Å². The van der Waals surface area contributed by atoms with Crippen molar-refractivity contribution in [3.05, 3.63) is 120 Å². The van der Waals surface area contributed by atoms with E-state index in [-0.39, 0.29) is 34.6 Å². The summed E-state index contributed by atoms with van der Waals surface area (Å²) in [6.45, 7) is 0. The van der Waals surface area contributed by atoms with Gasteiger partial charge in [0.15, 0.2) is 0 Å². The number of nitrogens with one attached hydrogen (secondary N) is 4. The first-order valence-corrected chi connectivity index (χ1v) is 21.9. The van der Waals surface area contributed by atoms with Crippen molar-refractivity contribution in [2.75, 3.05) is 0 Å². The minimum Gasteiger partial charge on any atom is -0.531 e. The third kappa shape index (κ3) is 6.90. The maximum Gasteiger partial charge on any atom is 0.625 e. The van der Waals surface area contributed by atoms with Gasteiger partial charge in [0.1, 0.15) is 28.5 Å². The predicted octanol–water partition coefficient (Wildman–Crippen LogP) is 4.77. The van der Waals surface area contributed by atoms with Crippen molar-refractivity contribution in [1.82, 2.24) is 29.4 Å². The zero-order valence-electron chi connectivity index (χ0n) is 30.3. The quantitative estimate of drug-likeness (QED) is 0.114. The van der Waals surface area contributed by atoms with Crippen molar-refractivity contribution in [2.45, 2.75) is 48.4 Å². The summed E-state index contributed by atoms with van der Waals surface area (Å²) in [5.74, 6) is 5.10. The number of aromatic nitrogens is 4. The van der Waals surface area contributed by atoms with Crippen LogP contribution in [0.15, 0.2) is 108 Å². The first-order chi connectivity index (χ1) is 27.5. The number of pyridine rings is 2. The van der Waals surface area contributed by atoms with Crippen molar-refractivity contribution >= 4 is 67.5 Å². The number of nitrogens with zero attached hydrogens (tertiary/aromatic N) is 2. The maximum absolute atomic E-state index is 13.3. The van der Waals surface area contributed by atoms with Gasteiger partial charge in [0.05, 0.1) is 23.0 Å². The molecule has 18 heteroatoms. The number of fused-ring (bicyclic) bond motifs is 6. The van der Waals surface area contributed by atoms with Crippen molar-refractivity contribution in [2.24, 2.45) is 11.8 Å². The highest BCUT2D eigenvalue weighted by Gasteiger charge is 2.41. The van der Waals surface area contributed by atoms with E-state index in [1.807, 2.05) is 24.3 Å². The fraction of sp³-hybridized carbons (Fsp3) is 0.231. The lowest BCUT2D eigenvalue weighted by Crippen LogP contribution is -2.45. The van der Waals surface area contributed by atoms with Crippen molar-refractivity contribution < 1.29 is 35.8 Å². The topological polar surface area (TPSA) is 198 Å². The van der Waals surface area contributed by atoms with Crippen LogP contribution in [0.3, 0.4) is 0 Å². The summed E-state index contributed by atoms with van der Waals surface area (Å²) in [5.41, 5.74) is 5.76. The standard InChI is InChI=1S/C39H36B2N6O8S2/c48-40-18-32(36-30-10-12-42-38(30)44-20-34(36)54-40)24-14-26(15-24)46-56(49,50)22-23-6-8-28(9-7-23)53-41-19-33(37-31-11-13-43-39(31)45-21-35(37)55-41)25-16-27(17-25)47-57(51,52)29-4-2-1-3-5-29/h1-13,18-21,24-27,46-48H,14-17,22H2,(H,42,44)(H,43,45). The largest absolute Gasteiger partial charge is 0.625 e. The summed E-state index contributed by atoms with van der Waals surface area (Å²) in [5, 5.41) is 12.1. The lowest BCUT2D eigenvalue weighted by Gasteiger charge is -2.39. The molecule has 2 aromatic carbocycles. The zero-order chi connectivity index (χ0) is 38.9. The Balaban J connectivity index is 0.788. The molecule has 0 unspecified atom stereocenters. The number of benzene rings is 2. The molecular weight excluding hydrogens is 766 g/mol. The summed E-state index contributed by atoms with van der Waals surface area (Å²) in [4.78, 5) is 15.4. The molecule has 0 saturated heterocycles. The van der Waals surface area contributed by atoms with Crippen molar-refractivity contribution in [1.29, 1.82) is 0 Å². The van der Waals surface area contributed by atoms with Gasteiger partial charge in [0.2, 0.25) is 20.0 Å². The number of allylic oxidation sites excluding steroid dienone is 2. The maximum atomic E-state index is 13.3. The van der Waals surface area contributed by atoms with Crippen LogP contribution in [0.25, 0.3) is 33.2 Å². The molecule has 10 rings (SSSR count). The van der Waals surface area contributed by atoms with Gasteiger partial charge in [-0.05, 0) is 103 Å². The summed E-state index contributed by atoms with van der Waals surface area (Å²) >= 11 is 0. The molecule has 4 aromatic heterocycles. The Hall–Kier alpha value is -5.39. The average Bonchev–Trinajstić information content (AvgIpc) is 3.85. The number of H-pyrrole nitrogens is 2. The number of rotatable bonds is 11. The molecule has 0 bridgehead atoms. The fourth-order valence-electron chi connectivity index (χ4n) is 8.42. The van der Waals surface area contributed by atoms with Crippen LogP contribution in [-0.2, 0) is 25.8 Å². The smallest absolute Gasteiger partial charge is 0.531 e. The normalized spacial score (nSPS) is 21.7. The Bertz CT molecular complexity index is 2800. The number of hydrogen-bond acceptors (Lipinski definition) is 10. The Morgan fingerprint density at radius 3 is 1.95 bits per heavy atom. The van der Waals surface area contributed by atoms with Gasteiger partial charge in [-0.15, -0.1) is 0 Å². The molecule has 57 heavy (non-hydrogen) atoms. The van der Waals surface area contributed by atoms with E-state index in [9.17, 15) is 21.9 Å². The van der Waals surface area contributed by atoms with Gasteiger partial charge in [-0.2, -0.15) is 0 Å². The van der Waals surface area contributed by atoms with E-state index in [2.05, 4.69) is 29.4 Å². The number of hydrogen-bond donors (Lipinski definition) is 5. The molecule has 288 valence electrons. The second kappa shape index (κ2) is 13.9. The average molecular weight is 803 g/mol. The van der Waals surface area contributed by atoms with E-state index in [0.29, 0.717) is 48.5 Å². The van der Waals surface area contributed by atoms with Crippen LogP contribution >= 0.6 is 0 Å². The highest BCUT2D eigenvalue weighted by atomic mass is 32.2. The minimum absolute atomic E-state index is 0.0528. The molecule has 0 spiro atoms.